The molecule has 0 radical (unpaired) electrons. The molecule has 0 bridgehead atoms. The minimum Gasteiger partial charge on any atom is -0.365 e. The summed E-state index contributed by atoms with van der Waals surface area (Å²) in [6.07, 6.45) is 4.61. The average molecular weight is 348 g/mol. The number of primary amides is 1. The quantitative estimate of drug-likeness (QED) is 0.653. The van der Waals surface area contributed by atoms with Crippen LogP contribution in [0.5, 0.6) is 0 Å². The molecule has 0 aliphatic carbocycles. The lowest BCUT2D eigenvalue weighted by Gasteiger charge is -2.14. The van der Waals surface area contributed by atoms with Gasteiger partial charge in [-0.05, 0) is 56.9 Å². The number of nitrogens with zero attached hydrogens (tertiary/aromatic N) is 2. The number of aromatic nitrogens is 1. The number of rotatable bonds is 7. The van der Waals surface area contributed by atoms with Crippen molar-refractivity contribution in [2.75, 3.05) is 31.5 Å². The lowest BCUT2D eigenvalue weighted by atomic mass is 10.3. The third-order valence-corrected chi connectivity index (χ3v) is 4.08. The van der Waals surface area contributed by atoms with Gasteiger partial charge in [0.25, 0.3) is 5.91 Å². The lowest BCUT2D eigenvalue weighted by Crippen LogP contribution is -2.31. The highest BCUT2D eigenvalue weighted by molar-refractivity contribution is 7.04. The van der Waals surface area contributed by atoms with Crippen molar-refractivity contribution in [3.8, 4) is 0 Å². The summed E-state index contributed by atoms with van der Waals surface area (Å²) >= 11 is 1.08. The van der Waals surface area contributed by atoms with Crippen molar-refractivity contribution in [3.05, 3.63) is 10.9 Å². The van der Waals surface area contributed by atoms with Crippen molar-refractivity contribution in [2.45, 2.75) is 25.7 Å². The van der Waals surface area contributed by atoms with Crippen molar-refractivity contribution in [1.29, 1.82) is 0 Å². The Morgan fingerprint density at radius 1 is 1.32 bits per heavy atom. The fourth-order valence-corrected chi connectivity index (χ4v) is 2.96. The fraction of sp³-hybridized carbons (Fsp3) is 0.615. The van der Waals surface area contributed by atoms with Crippen LogP contribution in [0.2, 0.25) is 0 Å². The predicted molar refractivity (Wildman–Crippen MR) is 89.8 cm³/mol. The Hall–Kier alpha value is -1.38. The minimum absolute atomic E-state index is 0. The minimum atomic E-state index is -0.593. The summed E-state index contributed by atoms with van der Waals surface area (Å²) in [6, 6.07) is -0.357. The number of nitrogens with one attached hydrogen (secondary N) is 2. The van der Waals surface area contributed by atoms with Gasteiger partial charge in [0.1, 0.15) is 0 Å². The molecule has 7 nitrogen and oxygen atoms in total. The van der Waals surface area contributed by atoms with Crippen LogP contribution >= 0.6 is 23.9 Å². The summed E-state index contributed by atoms with van der Waals surface area (Å²) < 4.78 is 3.94. The molecular formula is C13H22ClN5O2S. The van der Waals surface area contributed by atoms with Crippen molar-refractivity contribution < 1.29 is 9.59 Å². The fourth-order valence-electron chi connectivity index (χ4n) is 2.32. The van der Waals surface area contributed by atoms with E-state index in [-0.39, 0.29) is 29.8 Å². The van der Waals surface area contributed by atoms with Crippen LogP contribution in [0.25, 0.3) is 0 Å². The molecule has 0 atom stereocenters. The normalized spacial score (nSPS) is 14.4. The van der Waals surface area contributed by atoms with Crippen LogP contribution in [0.15, 0.2) is 5.38 Å². The van der Waals surface area contributed by atoms with E-state index in [2.05, 4.69) is 19.9 Å². The second kappa shape index (κ2) is 9.60. The highest BCUT2D eigenvalue weighted by atomic mass is 35.5. The smallest absolute Gasteiger partial charge is 0.320 e. The summed E-state index contributed by atoms with van der Waals surface area (Å²) in [5, 5.41) is 6.82. The average Bonchev–Trinajstić information content (AvgIpc) is 3.09. The number of unbranched alkanes of at least 4 members (excludes halogenated alkanes) is 1. The SMILES string of the molecule is Cl.NC(=O)c1csnc1NC(=O)NCCCCN1CCCC1. The number of anilines is 1. The van der Waals surface area contributed by atoms with Gasteiger partial charge in [-0.2, -0.15) is 4.37 Å². The zero-order valence-corrected chi connectivity index (χ0v) is 14.0. The van der Waals surface area contributed by atoms with E-state index in [4.69, 9.17) is 5.73 Å². The van der Waals surface area contributed by atoms with Gasteiger partial charge in [0.2, 0.25) is 0 Å². The molecule has 124 valence electrons. The maximum Gasteiger partial charge on any atom is 0.320 e. The lowest BCUT2D eigenvalue weighted by molar-refractivity contribution is 0.100. The summed E-state index contributed by atoms with van der Waals surface area (Å²) in [4.78, 5) is 25.2. The van der Waals surface area contributed by atoms with Gasteiger partial charge in [0, 0.05) is 11.9 Å². The van der Waals surface area contributed by atoms with E-state index in [0.29, 0.717) is 6.54 Å². The standard InChI is InChI=1S/C13H21N5O2S.ClH/c14-11(19)10-9-21-17-12(10)16-13(20)15-5-1-2-6-18-7-3-4-8-18;/h9H,1-8H2,(H2,14,19)(H2,15,16,17,20);1H. The number of halogens is 1. The molecule has 1 aromatic rings. The van der Waals surface area contributed by atoms with Crippen molar-refractivity contribution in [3.63, 3.8) is 0 Å². The Morgan fingerprint density at radius 3 is 2.73 bits per heavy atom. The molecule has 1 aromatic heterocycles. The topological polar surface area (TPSA) is 100 Å². The molecule has 1 saturated heterocycles. The summed E-state index contributed by atoms with van der Waals surface area (Å²) in [5.74, 6) is -0.369. The number of carbonyl (C=O) groups is 2. The molecule has 0 spiro atoms. The zero-order chi connectivity index (χ0) is 15.1. The van der Waals surface area contributed by atoms with Gasteiger partial charge < -0.3 is 16.0 Å². The number of hydrogen-bond acceptors (Lipinski definition) is 5. The van der Waals surface area contributed by atoms with E-state index in [0.717, 1.165) is 30.9 Å². The molecule has 2 heterocycles. The zero-order valence-electron chi connectivity index (χ0n) is 12.3. The number of likely N-dealkylation sites (tertiary alicyclic amines) is 1. The second-order valence-corrected chi connectivity index (χ2v) is 5.71. The molecule has 1 fully saturated rings. The molecule has 1 aliphatic rings. The van der Waals surface area contributed by atoms with E-state index in [9.17, 15) is 9.59 Å². The van der Waals surface area contributed by atoms with Gasteiger partial charge in [-0.3, -0.25) is 10.1 Å². The van der Waals surface area contributed by atoms with Gasteiger partial charge in [-0.25, -0.2) is 4.79 Å². The van der Waals surface area contributed by atoms with Crippen LogP contribution < -0.4 is 16.4 Å². The van der Waals surface area contributed by atoms with Crippen LogP contribution in [0.1, 0.15) is 36.0 Å². The molecule has 4 N–H and O–H groups in total. The van der Waals surface area contributed by atoms with Gasteiger partial charge in [0.05, 0.1) is 5.56 Å². The summed E-state index contributed by atoms with van der Waals surface area (Å²) in [7, 11) is 0. The van der Waals surface area contributed by atoms with Crippen LogP contribution in [0.3, 0.4) is 0 Å². The van der Waals surface area contributed by atoms with E-state index in [1.165, 1.54) is 31.3 Å². The molecule has 0 aromatic carbocycles. The van der Waals surface area contributed by atoms with E-state index in [1.54, 1.807) is 0 Å². The molecule has 1 aliphatic heterocycles. The Labute approximate surface area is 140 Å². The Balaban J connectivity index is 0.00000242. The maximum absolute atomic E-state index is 11.7. The number of urea groups is 1. The Kier molecular flexibility index (Phi) is 8.15. The molecule has 3 amide bonds. The molecule has 22 heavy (non-hydrogen) atoms. The van der Waals surface area contributed by atoms with Crippen molar-refractivity contribution >= 4 is 41.7 Å². The number of hydrogen-bond donors (Lipinski definition) is 3. The molecule has 2 rings (SSSR count). The predicted octanol–water partition coefficient (Wildman–Crippen LogP) is 1.66. The van der Waals surface area contributed by atoms with Crippen molar-refractivity contribution in [2.24, 2.45) is 5.73 Å². The van der Waals surface area contributed by atoms with Gasteiger partial charge in [-0.15, -0.1) is 12.4 Å². The van der Waals surface area contributed by atoms with Crippen molar-refractivity contribution in [1.82, 2.24) is 14.6 Å². The number of carbonyl (C=O) groups excluding carboxylic acids is 2. The first kappa shape index (κ1) is 18.7. The first-order valence-corrected chi connectivity index (χ1v) is 8.02. The first-order valence-electron chi connectivity index (χ1n) is 7.18. The molecule has 9 heteroatoms. The van der Waals surface area contributed by atoms with Crippen LogP contribution in [0, 0.1) is 0 Å². The van der Waals surface area contributed by atoms with E-state index in [1.807, 2.05) is 0 Å². The number of nitrogens with two attached hydrogens (primary N) is 1. The Morgan fingerprint density at radius 2 is 2.05 bits per heavy atom. The van der Waals surface area contributed by atoms with Crippen LogP contribution in [0.4, 0.5) is 10.6 Å². The maximum atomic E-state index is 11.7. The third kappa shape index (κ3) is 5.78. The second-order valence-electron chi connectivity index (χ2n) is 5.08. The molecular weight excluding hydrogens is 326 g/mol. The molecule has 0 saturated carbocycles. The summed E-state index contributed by atoms with van der Waals surface area (Å²) in [6.45, 7) is 4.11. The first-order chi connectivity index (χ1) is 10.2. The summed E-state index contributed by atoms with van der Waals surface area (Å²) in [5.41, 5.74) is 5.43. The Bertz CT molecular complexity index is 491. The van der Waals surface area contributed by atoms with E-state index < -0.39 is 5.91 Å². The van der Waals surface area contributed by atoms with Crippen LogP contribution in [-0.2, 0) is 0 Å². The van der Waals surface area contributed by atoms with Crippen LogP contribution in [-0.4, -0.2) is 47.4 Å². The van der Waals surface area contributed by atoms with Gasteiger partial charge >= 0.3 is 6.03 Å². The third-order valence-electron chi connectivity index (χ3n) is 3.45. The monoisotopic (exact) mass is 347 g/mol. The van der Waals surface area contributed by atoms with Gasteiger partial charge in [-0.1, -0.05) is 0 Å². The highest BCUT2D eigenvalue weighted by Gasteiger charge is 2.13. The van der Waals surface area contributed by atoms with Gasteiger partial charge in [0.15, 0.2) is 5.82 Å². The largest absolute Gasteiger partial charge is 0.365 e. The number of amides is 3. The van der Waals surface area contributed by atoms with E-state index >= 15 is 0 Å². The highest BCUT2D eigenvalue weighted by Crippen LogP contribution is 2.15. The molecule has 0 unspecified atom stereocenters.